The van der Waals surface area contributed by atoms with Crippen LogP contribution in [0.5, 0.6) is 5.75 Å². The van der Waals surface area contributed by atoms with Crippen LogP contribution in [0.2, 0.25) is 5.02 Å². The van der Waals surface area contributed by atoms with E-state index in [2.05, 4.69) is 15.9 Å². The Morgan fingerprint density at radius 2 is 1.89 bits per heavy atom. The van der Waals surface area contributed by atoms with E-state index in [0.717, 1.165) is 10.0 Å². The SMILES string of the molecule is Nc1ccc(C(O)COc2ccc(Br)cc2Cl)cc1. The normalized spacial score (nSPS) is 12.2. The van der Waals surface area contributed by atoms with Gasteiger partial charge in [0.1, 0.15) is 18.5 Å². The first-order valence-electron chi connectivity index (χ1n) is 5.67. The van der Waals surface area contributed by atoms with Crippen LogP contribution >= 0.6 is 27.5 Å². The Labute approximate surface area is 125 Å². The molecule has 100 valence electrons. The van der Waals surface area contributed by atoms with E-state index in [1.165, 1.54) is 0 Å². The lowest BCUT2D eigenvalue weighted by Gasteiger charge is -2.14. The van der Waals surface area contributed by atoms with Crippen LogP contribution in [0.25, 0.3) is 0 Å². The van der Waals surface area contributed by atoms with Gasteiger partial charge in [0.05, 0.1) is 5.02 Å². The highest BCUT2D eigenvalue weighted by atomic mass is 79.9. The van der Waals surface area contributed by atoms with E-state index in [0.29, 0.717) is 16.5 Å². The number of hydrogen-bond acceptors (Lipinski definition) is 3. The van der Waals surface area contributed by atoms with Gasteiger partial charge in [-0.15, -0.1) is 0 Å². The van der Waals surface area contributed by atoms with Gasteiger partial charge in [0, 0.05) is 10.2 Å². The molecule has 1 atom stereocenters. The zero-order chi connectivity index (χ0) is 13.8. The number of benzene rings is 2. The Morgan fingerprint density at radius 3 is 2.53 bits per heavy atom. The van der Waals surface area contributed by atoms with Gasteiger partial charge in [-0.2, -0.15) is 0 Å². The van der Waals surface area contributed by atoms with Crippen molar-refractivity contribution in [3.63, 3.8) is 0 Å². The Bertz CT molecular complexity index is 560. The summed E-state index contributed by atoms with van der Waals surface area (Å²) in [5, 5.41) is 10.5. The van der Waals surface area contributed by atoms with Gasteiger partial charge in [-0.25, -0.2) is 0 Å². The maximum Gasteiger partial charge on any atom is 0.138 e. The Morgan fingerprint density at radius 1 is 1.21 bits per heavy atom. The number of nitrogen functional groups attached to an aromatic ring is 1. The highest BCUT2D eigenvalue weighted by Crippen LogP contribution is 2.28. The van der Waals surface area contributed by atoms with Gasteiger partial charge in [-0.1, -0.05) is 39.7 Å². The predicted octanol–water partition coefficient (Wildman–Crippen LogP) is 3.80. The van der Waals surface area contributed by atoms with Crippen LogP contribution in [0, 0.1) is 0 Å². The molecule has 0 aliphatic heterocycles. The van der Waals surface area contributed by atoms with Gasteiger partial charge >= 0.3 is 0 Å². The molecular formula is C14H13BrClNO2. The van der Waals surface area contributed by atoms with Gasteiger partial charge in [0.2, 0.25) is 0 Å². The summed E-state index contributed by atoms with van der Waals surface area (Å²) in [6, 6.07) is 12.3. The number of aliphatic hydroxyl groups excluding tert-OH is 1. The molecule has 19 heavy (non-hydrogen) atoms. The van der Waals surface area contributed by atoms with Gasteiger partial charge in [-0.3, -0.25) is 0 Å². The van der Waals surface area contributed by atoms with E-state index < -0.39 is 6.10 Å². The van der Waals surface area contributed by atoms with Crippen molar-refractivity contribution in [2.45, 2.75) is 6.10 Å². The minimum atomic E-state index is -0.722. The predicted molar refractivity (Wildman–Crippen MR) is 80.5 cm³/mol. The van der Waals surface area contributed by atoms with Crippen molar-refractivity contribution in [3.05, 3.63) is 57.5 Å². The van der Waals surface area contributed by atoms with Crippen molar-refractivity contribution in [1.29, 1.82) is 0 Å². The first-order valence-corrected chi connectivity index (χ1v) is 6.84. The summed E-state index contributed by atoms with van der Waals surface area (Å²) >= 11 is 9.35. The Hall–Kier alpha value is -1.23. The fourth-order valence-corrected chi connectivity index (χ4v) is 2.30. The average Bonchev–Trinajstić information content (AvgIpc) is 2.38. The summed E-state index contributed by atoms with van der Waals surface area (Å²) in [4.78, 5) is 0. The van der Waals surface area contributed by atoms with Gasteiger partial charge < -0.3 is 15.6 Å². The molecule has 0 spiro atoms. The molecule has 0 bridgehead atoms. The van der Waals surface area contributed by atoms with Crippen molar-refractivity contribution in [2.75, 3.05) is 12.3 Å². The molecule has 0 aliphatic carbocycles. The molecule has 0 aromatic heterocycles. The molecule has 0 saturated heterocycles. The molecule has 0 amide bonds. The standard InChI is InChI=1S/C14H13BrClNO2/c15-10-3-6-14(12(16)7-10)19-8-13(18)9-1-4-11(17)5-2-9/h1-7,13,18H,8,17H2. The third-order valence-corrected chi connectivity index (χ3v) is 3.40. The molecule has 0 saturated carbocycles. The highest BCUT2D eigenvalue weighted by Gasteiger charge is 2.10. The number of nitrogens with two attached hydrogens (primary N) is 1. The van der Waals surface area contributed by atoms with Crippen LogP contribution in [-0.2, 0) is 0 Å². The second-order valence-corrected chi connectivity index (χ2v) is 5.39. The van der Waals surface area contributed by atoms with Crippen LogP contribution in [0.4, 0.5) is 5.69 Å². The number of anilines is 1. The monoisotopic (exact) mass is 341 g/mol. The molecule has 0 aliphatic rings. The van der Waals surface area contributed by atoms with Gasteiger partial charge in [-0.05, 0) is 35.9 Å². The Kier molecular flexibility index (Phi) is 4.69. The first kappa shape index (κ1) is 14.2. The fraction of sp³-hybridized carbons (Fsp3) is 0.143. The molecule has 2 aromatic rings. The molecule has 5 heteroatoms. The molecule has 2 rings (SSSR count). The van der Waals surface area contributed by atoms with E-state index >= 15 is 0 Å². The fourth-order valence-electron chi connectivity index (χ4n) is 1.58. The lowest BCUT2D eigenvalue weighted by molar-refractivity contribution is 0.108. The lowest BCUT2D eigenvalue weighted by Crippen LogP contribution is -2.09. The quantitative estimate of drug-likeness (QED) is 0.831. The maximum atomic E-state index is 10.0. The minimum absolute atomic E-state index is 0.130. The maximum absolute atomic E-state index is 10.0. The molecule has 0 radical (unpaired) electrons. The van der Waals surface area contributed by atoms with Crippen LogP contribution in [0.3, 0.4) is 0 Å². The molecular weight excluding hydrogens is 330 g/mol. The first-order chi connectivity index (χ1) is 9.06. The van der Waals surface area contributed by atoms with E-state index in [1.807, 2.05) is 6.07 Å². The zero-order valence-corrected chi connectivity index (χ0v) is 12.4. The summed E-state index contributed by atoms with van der Waals surface area (Å²) in [7, 11) is 0. The average molecular weight is 343 g/mol. The second-order valence-electron chi connectivity index (χ2n) is 4.07. The molecule has 1 unspecified atom stereocenters. The van der Waals surface area contributed by atoms with E-state index in [1.54, 1.807) is 36.4 Å². The topological polar surface area (TPSA) is 55.5 Å². The van der Waals surface area contributed by atoms with Gasteiger partial charge in [0.15, 0.2) is 0 Å². The van der Waals surface area contributed by atoms with E-state index in [9.17, 15) is 5.11 Å². The van der Waals surface area contributed by atoms with Crippen molar-refractivity contribution in [2.24, 2.45) is 0 Å². The number of rotatable bonds is 4. The zero-order valence-electron chi connectivity index (χ0n) is 10.0. The number of ether oxygens (including phenoxy) is 1. The molecule has 0 fully saturated rings. The summed E-state index contributed by atoms with van der Waals surface area (Å²) in [6.45, 7) is 0.130. The third-order valence-electron chi connectivity index (χ3n) is 2.61. The van der Waals surface area contributed by atoms with Crippen LogP contribution in [-0.4, -0.2) is 11.7 Å². The van der Waals surface area contributed by atoms with E-state index in [-0.39, 0.29) is 6.61 Å². The summed E-state index contributed by atoms with van der Waals surface area (Å²) in [6.07, 6.45) is -0.722. The minimum Gasteiger partial charge on any atom is -0.489 e. The summed E-state index contributed by atoms with van der Waals surface area (Å²) in [5.74, 6) is 0.541. The van der Waals surface area contributed by atoms with Crippen molar-refractivity contribution >= 4 is 33.2 Å². The van der Waals surface area contributed by atoms with Gasteiger partial charge in [0.25, 0.3) is 0 Å². The number of aliphatic hydroxyl groups is 1. The Balaban J connectivity index is 2.00. The highest BCUT2D eigenvalue weighted by molar-refractivity contribution is 9.10. The van der Waals surface area contributed by atoms with Crippen molar-refractivity contribution < 1.29 is 9.84 Å². The van der Waals surface area contributed by atoms with Crippen molar-refractivity contribution in [3.8, 4) is 5.75 Å². The van der Waals surface area contributed by atoms with Crippen molar-refractivity contribution in [1.82, 2.24) is 0 Å². The summed E-state index contributed by atoms with van der Waals surface area (Å²) in [5.41, 5.74) is 7.00. The number of hydrogen-bond donors (Lipinski definition) is 2. The smallest absolute Gasteiger partial charge is 0.138 e. The lowest BCUT2D eigenvalue weighted by atomic mass is 10.1. The molecule has 0 heterocycles. The molecule has 2 aromatic carbocycles. The molecule has 3 nitrogen and oxygen atoms in total. The van der Waals surface area contributed by atoms with Crippen LogP contribution in [0.15, 0.2) is 46.9 Å². The largest absolute Gasteiger partial charge is 0.489 e. The van der Waals surface area contributed by atoms with E-state index in [4.69, 9.17) is 22.1 Å². The van der Waals surface area contributed by atoms with Crippen LogP contribution in [0.1, 0.15) is 11.7 Å². The molecule has 3 N–H and O–H groups in total. The summed E-state index contributed by atoms with van der Waals surface area (Å²) < 4.78 is 6.38. The third kappa shape index (κ3) is 3.86. The van der Waals surface area contributed by atoms with Crippen LogP contribution < -0.4 is 10.5 Å². The number of halogens is 2. The second kappa shape index (κ2) is 6.28.